The van der Waals surface area contributed by atoms with Crippen LogP contribution in [-0.4, -0.2) is 37.5 Å². The predicted octanol–water partition coefficient (Wildman–Crippen LogP) is 1.85. The summed E-state index contributed by atoms with van der Waals surface area (Å²) in [4.78, 5) is 0. The average molecular weight is 240 g/mol. The van der Waals surface area contributed by atoms with Crippen molar-refractivity contribution in [3.63, 3.8) is 0 Å². The Labute approximate surface area is 104 Å². The first-order valence-corrected chi connectivity index (χ1v) is 6.44. The Morgan fingerprint density at radius 2 is 2.29 bits per heavy atom. The van der Waals surface area contributed by atoms with Crippen LogP contribution in [-0.2, 0) is 9.47 Å². The van der Waals surface area contributed by atoms with E-state index in [-0.39, 0.29) is 12.1 Å². The minimum atomic E-state index is -0.608. The van der Waals surface area contributed by atoms with E-state index >= 15 is 0 Å². The first kappa shape index (κ1) is 14.4. The van der Waals surface area contributed by atoms with Gasteiger partial charge in [0.2, 0.25) is 0 Å². The van der Waals surface area contributed by atoms with E-state index in [1.807, 2.05) is 20.8 Å². The summed E-state index contributed by atoms with van der Waals surface area (Å²) in [6.07, 6.45) is 3.65. The number of ether oxygens (including phenoxy) is 2. The lowest BCUT2D eigenvalue weighted by Crippen LogP contribution is -2.49. The van der Waals surface area contributed by atoms with Crippen molar-refractivity contribution in [2.24, 2.45) is 0 Å². The molecule has 0 spiro atoms. The molecule has 1 heterocycles. The van der Waals surface area contributed by atoms with Crippen LogP contribution in [0.2, 0.25) is 0 Å². The van der Waals surface area contributed by atoms with Gasteiger partial charge in [0, 0.05) is 12.6 Å². The molecular formula is C13H24N2O2. The fraction of sp³-hybridized carbons (Fsp3) is 0.923. The molecule has 4 heteroatoms. The van der Waals surface area contributed by atoms with Crippen LogP contribution in [0.4, 0.5) is 0 Å². The van der Waals surface area contributed by atoms with Gasteiger partial charge in [0.15, 0.2) is 0 Å². The fourth-order valence-electron chi connectivity index (χ4n) is 2.08. The standard InChI is InChI=1S/C13H24N2O2/c1-11(2)15-13(3,9-14)10-16-8-12-6-4-5-7-17-12/h11-12,15H,4-8,10H2,1-3H3. The van der Waals surface area contributed by atoms with Crippen molar-refractivity contribution in [3.8, 4) is 6.07 Å². The molecule has 1 rings (SSSR count). The van der Waals surface area contributed by atoms with E-state index < -0.39 is 5.54 Å². The van der Waals surface area contributed by atoms with Gasteiger partial charge in [-0.15, -0.1) is 0 Å². The van der Waals surface area contributed by atoms with Crippen LogP contribution in [0.1, 0.15) is 40.0 Å². The summed E-state index contributed by atoms with van der Waals surface area (Å²) >= 11 is 0. The van der Waals surface area contributed by atoms with E-state index in [0.29, 0.717) is 13.2 Å². The highest BCUT2D eigenvalue weighted by Gasteiger charge is 2.25. The normalized spacial score (nSPS) is 24.3. The molecule has 0 aromatic rings. The van der Waals surface area contributed by atoms with E-state index in [4.69, 9.17) is 14.7 Å². The van der Waals surface area contributed by atoms with Crippen LogP contribution >= 0.6 is 0 Å². The number of hydrogen-bond donors (Lipinski definition) is 1. The number of rotatable bonds is 6. The molecule has 0 bridgehead atoms. The van der Waals surface area contributed by atoms with Crippen molar-refractivity contribution in [2.45, 2.75) is 57.7 Å². The third-order valence-corrected chi connectivity index (χ3v) is 2.82. The molecule has 98 valence electrons. The van der Waals surface area contributed by atoms with Gasteiger partial charge in [-0.25, -0.2) is 0 Å². The molecule has 4 nitrogen and oxygen atoms in total. The fourth-order valence-corrected chi connectivity index (χ4v) is 2.08. The Morgan fingerprint density at radius 3 is 2.82 bits per heavy atom. The van der Waals surface area contributed by atoms with Crippen LogP contribution in [0.15, 0.2) is 0 Å². The van der Waals surface area contributed by atoms with Crippen molar-refractivity contribution in [2.75, 3.05) is 19.8 Å². The molecule has 1 N–H and O–H groups in total. The number of nitriles is 1. The minimum Gasteiger partial charge on any atom is -0.376 e. The van der Waals surface area contributed by atoms with Crippen LogP contribution < -0.4 is 5.32 Å². The summed E-state index contributed by atoms with van der Waals surface area (Å²) in [6.45, 7) is 7.76. The molecule has 1 fully saturated rings. The Hall–Kier alpha value is -0.630. The lowest BCUT2D eigenvalue weighted by Gasteiger charge is -2.27. The van der Waals surface area contributed by atoms with Crippen LogP contribution in [0.3, 0.4) is 0 Å². The minimum absolute atomic E-state index is 0.214. The van der Waals surface area contributed by atoms with E-state index in [1.165, 1.54) is 6.42 Å². The van der Waals surface area contributed by atoms with Crippen molar-refractivity contribution in [1.82, 2.24) is 5.32 Å². The summed E-state index contributed by atoms with van der Waals surface area (Å²) in [6, 6.07) is 2.54. The average Bonchev–Trinajstić information content (AvgIpc) is 2.29. The quantitative estimate of drug-likeness (QED) is 0.770. The van der Waals surface area contributed by atoms with Gasteiger partial charge < -0.3 is 9.47 Å². The van der Waals surface area contributed by atoms with E-state index in [0.717, 1.165) is 19.4 Å². The van der Waals surface area contributed by atoms with Gasteiger partial charge in [-0.1, -0.05) is 0 Å². The van der Waals surface area contributed by atoms with Gasteiger partial charge in [0.25, 0.3) is 0 Å². The zero-order valence-corrected chi connectivity index (χ0v) is 11.2. The molecule has 2 unspecified atom stereocenters. The zero-order valence-electron chi connectivity index (χ0n) is 11.2. The number of hydrogen-bond acceptors (Lipinski definition) is 4. The lowest BCUT2D eigenvalue weighted by molar-refractivity contribution is -0.0474. The van der Waals surface area contributed by atoms with E-state index in [2.05, 4.69) is 11.4 Å². The second kappa shape index (κ2) is 6.95. The topological polar surface area (TPSA) is 54.3 Å². The van der Waals surface area contributed by atoms with Gasteiger partial charge in [0.05, 0.1) is 25.4 Å². The molecular weight excluding hydrogens is 216 g/mol. The molecule has 0 saturated carbocycles. The highest BCUT2D eigenvalue weighted by molar-refractivity contribution is 5.04. The first-order valence-electron chi connectivity index (χ1n) is 6.44. The summed E-state index contributed by atoms with van der Waals surface area (Å²) < 4.78 is 11.2. The molecule has 0 aliphatic carbocycles. The van der Waals surface area contributed by atoms with Crippen LogP contribution in [0.5, 0.6) is 0 Å². The zero-order chi connectivity index (χ0) is 12.7. The maximum atomic E-state index is 9.15. The van der Waals surface area contributed by atoms with Crippen LogP contribution in [0.25, 0.3) is 0 Å². The Kier molecular flexibility index (Phi) is 5.90. The smallest absolute Gasteiger partial charge is 0.127 e. The molecule has 1 aliphatic rings. The molecule has 0 amide bonds. The molecule has 2 atom stereocenters. The summed E-state index contributed by atoms with van der Waals surface area (Å²) in [5.74, 6) is 0. The van der Waals surface area contributed by atoms with Crippen molar-refractivity contribution >= 4 is 0 Å². The highest BCUT2D eigenvalue weighted by Crippen LogP contribution is 2.13. The van der Waals surface area contributed by atoms with E-state index in [9.17, 15) is 0 Å². The van der Waals surface area contributed by atoms with Crippen LogP contribution in [0, 0.1) is 11.3 Å². The molecule has 0 aromatic carbocycles. The predicted molar refractivity (Wildman–Crippen MR) is 66.7 cm³/mol. The third kappa shape index (κ3) is 5.49. The van der Waals surface area contributed by atoms with Crippen molar-refractivity contribution in [3.05, 3.63) is 0 Å². The van der Waals surface area contributed by atoms with E-state index in [1.54, 1.807) is 0 Å². The van der Waals surface area contributed by atoms with Crippen molar-refractivity contribution < 1.29 is 9.47 Å². The van der Waals surface area contributed by atoms with Gasteiger partial charge in [-0.05, 0) is 40.0 Å². The highest BCUT2D eigenvalue weighted by atomic mass is 16.5. The summed E-state index contributed by atoms with van der Waals surface area (Å²) in [7, 11) is 0. The lowest BCUT2D eigenvalue weighted by atomic mass is 10.1. The van der Waals surface area contributed by atoms with Gasteiger partial charge in [0.1, 0.15) is 5.54 Å². The maximum absolute atomic E-state index is 9.15. The number of nitrogens with zero attached hydrogens (tertiary/aromatic N) is 1. The van der Waals surface area contributed by atoms with Crippen molar-refractivity contribution in [1.29, 1.82) is 5.26 Å². The summed E-state index contributed by atoms with van der Waals surface area (Å²) in [5, 5.41) is 12.4. The SMILES string of the molecule is CC(C)NC(C)(C#N)COCC1CCCCO1. The molecule has 0 radical (unpaired) electrons. The second-order valence-corrected chi connectivity index (χ2v) is 5.25. The largest absolute Gasteiger partial charge is 0.376 e. The number of nitrogens with one attached hydrogen (secondary N) is 1. The van der Waals surface area contributed by atoms with Gasteiger partial charge in [-0.2, -0.15) is 5.26 Å². The maximum Gasteiger partial charge on any atom is 0.127 e. The Balaban J connectivity index is 2.25. The molecule has 17 heavy (non-hydrogen) atoms. The van der Waals surface area contributed by atoms with Gasteiger partial charge >= 0.3 is 0 Å². The molecule has 1 aliphatic heterocycles. The Morgan fingerprint density at radius 1 is 1.53 bits per heavy atom. The summed E-state index contributed by atoms with van der Waals surface area (Å²) in [5.41, 5.74) is -0.608. The monoisotopic (exact) mass is 240 g/mol. The van der Waals surface area contributed by atoms with Gasteiger partial charge in [-0.3, -0.25) is 5.32 Å². The molecule has 1 saturated heterocycles. The third-order valence-electron chi connectivity index (χ3n) is 2.82. The second-order valence-electron chi connectivity index (χ2n) is 5.25. The Bertz CT molecular complexity index is 257. The first-order chi connectivity index (χ1) is 8.06. The molecule has 0 aromatic heterocycles.